The van der Waals surface area contributed by atoms with Gasteiger partial charge in [0, 0.05) is 18.8 Å². The molecule has 0 aromatic carbocycles. The van der Waals surface area contributed by atoms with Crippen LogP contribution in [-0.2, 0) is 19.4 Å². The summed E-state index contributed by atoms with van der Waals surface area (Å²) in [4.78, 5) is 2.00. The third-order valence-electron chi connectivity index (χ3n) is 3.54. The number of aromatic amines is 1. The molecule has 1 aromatic heterocycles. The van der Waals surface area contributed by atoms with Gasteiger partial charge in [0.05, 0.1) is 18.4 Å². The highest BCUT2D eigenvalue weighted by Crippen LogP contribution is 2.22. The van der Waals surface area contributed by atoms with Gasteiger partial charge < -0.3 is 10.2 Å². The van der Waals surface area contributed by atoms with Gasteiger partial charge in [-0.1, -0.05) is 6.42 Å². The molecule has 102 valence electrons. The van der Waals surface area contributed by atoms with E-state index in [0.717, 1.165) is 25.1 Å². The number of nitrogens with one attached hydrogen (secondary N) is 1. The summed E-state index contributed by atoms with van der Waals surface area (Å²) in [5, 5.41) is 25.8. The smallest absolute Gasteiger partial charge is 0.0897 e. The number of hydrogen-bond donors (Lipinski definition) is 3. The monoisotopic (exact) mass is 253 g/mol. The maximum absolute atomic E-state index is 9.42. The van der Waals surface area contributed by atoms with Gasteiger partial charge in [-0.15, -0.1) is 0 Å². The minimum absolute atomic E-state index is 0.191. The van der Waals surface area contributed by atoms with Gasteiger partial charge in [-0.05, 0) is 38.3 Å². The Morgan fingerprint density at radius 1 is 1.33 bits per heavy atom. The first-order chi connectivity index (χ1) is 8.70. The standard InChI is InChI=1S/C13H23N3O2/c1-16(7-10(18)9-17)8-13-11-5-3-2-4-6-12(11)14-15-13/h10,17-18H,2-9H2,1H3,(H,14,15). The number of fused-ring (bicyclic) bond motifs is 1. The molecule has 3 N–H and O–H groups in total. The number of aromatic nitrogens is 2. The van der Waals surface area contributed by atoms with Crippen molar-refractivity contribution in [1.82, 2.24) is 15.1 Å². The van der Waals surface area contributed by atoms with E-state index in [1.807, 2.05) is 11.9 Å². The van der Waals surface area contributed by atoms with Crippen LogP contribution in [0.15, 0.2) is 0 Å². The van der Waals surface area contributed by atoms with E-state index < -0.39 is 6.10 Å². The Kier molecular flexibility index (Phi) is 4.74. The average molecular weight is 253 g/mol. The fourth-order valence-electron chi connectivity index (χ4n) is 2.59. The van der Waals surface area contributed by atoms with E-state index >= 15 is 0 Å². The van der Waals surface area contributed by atoms with Crippen LogP contribution in [-0.4, -0.2) is 51.6 Å². The molecule has 0 saturated heterocycles. The van der Waals surface area contributed by atoms with Crippen molar-refractivity contribution in [3.8, 4) is 0 Å². The molecular formula is C13H23N3O2. The first-order valence-electron chi connectivity index (χ1n) is 6.73. The van der Waals surface area contributed by atoms with Crippen molar-refractivity contribution in [2.24, 2.45) is 0 Å². The van der Waals surface area contributed by atoms with E-state index in [4.69, 9.17) is 5.11 Å². The van der Waals surface area contributed by atoms with Crippen molar-refractivity contribution in [2.75, 3.05) is 20.2 Å². The summed E-state index contributed by atoms with van der Waals surface area (Å²) in [6.07, 6.45) is 5.31. The second kappa shape index (κ2) is 6.31. The van der Waals surface area contributed by atoms with Crippen LogP contribution < -0.4 is 0 Å². The van der Waals surface area contributed by atoms with Crippen LogP contribution >= 0.6 is 0 Å². The second-order valence-corrected chi connectivity index (χ2v) is 5.22. The Bertz CT molecular complexity index is 378. The van der Waals surface area contributed by atoms with Crippen molar-refractivity contribution in [3.05, 3.63) is 17.0 Å². The SMILES string of the molecule is CN(Cc1n[nH]c2c1CCCCC2)CC(O)CO. The van der Waals surface area contributed by atoms with Crippen molar-refractivity contribution >= 4 is 0 Å². The van der Waals surface area contributed by atoms with Crippen molar-refractivity contribution in [2.45, 2.75) is 44.8 Å². The van der Waals surface area contributed by atoms with Gasteiger partial charge in [0.15, 0.2) is 0 Å². The highest BCUT2D eigenvalue weighted by molar-refractivity contribution is 5.26. The minimum Gasteiger partial charge on any atom is -0.394 e. The molecule has 1 aliphatic carbocycles. The van der Waals surface area contributed by atoms with Crippen LogP contribution in [0.25, 0.3) is 0 Å². The normalized spacial score (nSPS) is 17.6. The molecule has 2 rings (SSSR count). The van der Waals surface area contributed by atoms with E-state index in [2.05, 4.69) is 10.2 Å². The molecule has 1 heterocycles. The van der Waals surface area contributed by atoms with E-state index in [1.54, 1.807) is 0 Å². The Morgan fingerprint density at radius 3 is 2.89 bits per heavy atom. The molecule has 0 fully saturated rings. The second-order valence-electron chi connectivity index (χ2n) is 5.22. The van der Waals surface area contributed by atoms with Crippen molar-refractivity contribution < 1.29 is 10.2 Å². The Balaban J connectivity index is 1.99. The van der Waals surface area contributed by atoms with Gasteiger partial charge >= 0.3 is 0 Å². The molecule has 5 heteroatoms. The third kappa shape index (κ3) is 3.31. The Labute approximate surface area is 108 Å². The zero-order chi connectivity index (χ0) is 13.0. The quantitative estimate of drug-likeness (QED) is 0.667. The molecule has 18 heavy (non-hydrogen) atoms. The largest absolute Gasteiger partial charge is 0.394 e. The lowest BCUT2D eigenvalue weighted by Gasteiger charge is -2.18. The van der Waals surface area contributed by atoms with Crippen molar-refractivity contribution in [1.29, 1.82) is 0 Å². The summed E-state index contributed by atoms with van der Waals surface area (Å²) in [6, 6.07) is 0. The van der Waals surface area contributed by atoms with Gasteiger partial charge in [-0.2, -0.15) is 5.10 Å². The Hall–Kier alpha value is -0.910. The van der Waals surface area contributed by atoms with E-state index in [9.17, 15) is 5.11 Å². The fourth-order valence-corrected chi connectivity index (χ4v) is 2.59. The first-order valence-corrected chi connectivity index (χ1v) is 6.73. The summed E-state index contributed by atoms with van der Waals surface area (Å²) >= 11 is 0. The predicted molar refractivity (Wildman–Crippen MR) is 69.3 cm³/mol. The summed E-state index contributed by atoms with van der Waals surface area (Å²) < 4.78 is 0. The van der Waals surface area contributed by atoms with Gasteiger partial charge in [0.2, 0.25) is 0 Å². The lowest BCUT2D eigenvalue weighted by molar-refractivity contribution is 0.0644. The number of H-pyrrole nitrogens is 1. The highest BCUT2D eigenvalue weighted by Gasteiger charge is 2.17. The number of aryl methyl sites for hydroxylation is 1. The molecule has 0 amide bonds. The lowest BCUT2D eigenvalue weighted by Crippen LogP contribution is -2.31. The molecular weight excluding hydrogens is 230 g/mol. The number of aliphatic hydroxyl groups is 2. The number of rotatable bonds is 5. The Morgan fingerprint density at radius 2 is 2.11 bits per heavy atom. The van der Waals surface area contributed by atoms with Crippen LogP contribution in [0.2, 0.25) is 0 Å². The molecule has 1 aliphatic rings. The maximum Gasteiger partial charge on any atom is 0.0897 e. The summed E-state index contributed by atoms with van der Waals surface area (Å²) in [7, 11) is 1.94. The average Bonchev–Trinajstić information content (AvgIpc) is 2.59. The molecule has 0 radical (unpaired) electrons. The van der Waals surface area contributed by atoms with Gasteiger partial charge in [0.25, 0.3) is 0 Å². The fraction of sp³-hybridized carbons (Fsp3) is 0.769. The van der Waals surface area contributed by atoms with Crippen LogP contribution in [0.4, 0.5) is 0 Å². The van der Waals surface area contributed by atoms with E-state index in [0.29, 0.717) is 6.54 Å². The first kappa shape index (κ1) is 13.5. The van der Waals surface area contributed by atoms with E-state index in [-0.39, 0.29) is 6.61 Å². The van der Waals surface area contributed by atoms with E-state index in [1.165, 1.54) is 30.5 Å². The number of hydrogen-bond acceptors (Lipinski definition) is 4. The zero-order valence-corrected chi connectivity index (χ0v) is 11.0. The maximum atomic E-state index is 9.42. The predicted octanol–water partition coefficient (Wildman–Crippen LogP) is 0.464. The topological polar surface area (TPSA) is 72.4 Å². The summed E-state index contributed by atoms with van der Waals surface area (Å²) in [5.41, 5.74) is 3.76. The molecule has 1 atom stereocenters. The van der Waals surface area contributed by atoms with Crippen LogP contribution in [0, 0.1) is 0 Å². The highest BCUT2D eigenvalue weighted by atomic mass is 16.3. The number of nitrogens with zero attached hydrogens (tertiary/aromatic N) is 2. The lowest BCUT2D eigenvalue weighted by atomic mass is 10.1. The van der Waals surface area contributed by atoms with Gasteiger partial charge in [-0.3, -0.25) is 10.00 Å². The molecule has 0 spiro atoms. The van der Waals surface area contributed by atoms with Gasteiger partial charge in [0.1, 0.15) is 0 Å². The number of aliphatic hydroxyl groups excluding tert-OH is 2. The van der Waals surface area contributed by atoms with Crippen molar-refractivity contribution in [3.63, 3.8) is 0 Å². The summed E-state index contributed by atoms with van der Waals surface area (Å²) in [6.45, 7) is 1.00. The van der Waals surface area contributed by atoms with Crippen LogP contribution in [0.5, 0.6) is 0 Å². The van der Waals surface area contributed by atoms with Crippen LogP contribution in [0.3, 0.4) is 0 Å². The molecule has 0 bridgehead atoms. The van der Waals surface area contributed by atoms with Gasteiger partial charge in [-0.25, -0.2) is 0 Å². The molecule has 1 aromatic rings. The third-order valence-corrected chi connectivity index (χ3v) is 3.54. The number of likely N-dealkylation sites (N-methyl/N-ethyl adjacent to an activating group) is 1. The zero-order valence-electron chi connectivity index (χ0n) is 11.0. The molecule has 0 saturated carbocycles. The van der Waals surface area contributed by atoms with Crippen LogP contribution in [0.1, 0.15) is 36.2 Å². The minimum atomic E-state index is -0.674. The molecule has 1 unspecified atom stereocenters. The summed E-state index contributed by atoms with van der Waals surface area (Å²) in [5.74, 6) is 0. The molecule has 5 nitrogen and oxygen atoms in total. The molecule has 0 aliphatic heterocycles.